The van der Waals surface area contributed by atoms with Gasteiger partial charge in [0.1, 0.15) is 5.75 Å². The minimum absolute atomic E-state index is 0.531. The van der Waals surface area contributed by atoms with Crippen LogP contribution in [0.3, 0.4) is 0 Å². The molecule has 0 radical (unpaired) electrons. The van der Waals surface area contributed by atoms with Gasteiger partial charge in [-0.2, -0.15) is 0 Å². The minimum atomic E-state index is 0.531. The molecule has 0 aliphatic carbocycles. The Balaban J connectivity index is 2.11. The summed E-state index contributed by atoms with van der Waals surface area (Å²) in [6.45, 7) is 5.46. The topological polar surface area (TPSA) is 48.1 Å². The van der Waals surface area contributed by atoms with Crippen LogP contribution < -0.4 is 10.5 Å². The van der Waals surface area contributed by atoms with Gasteiger partial charge in [-0.05, 0) is 49.2 Å². The van der Waals surface area contributed by atoms with E-state index >= 15 is 0 Å². The van der Waals surface area contributed by atoms with Crippen molar-refractivity contribution in [2.24, 2.45) is 5.73 Å². The maximum absolute atomic E-state index is 5.66. The summed E-state index contributed by atoms with van der Waals surface area (Å²) in [6.07, 6.45) is 2.23. The van der Waals surface area contributed by atoms with Gasteiger partial charge < -0.3 is 10.5 Å². The Bertz CT molecular complexity index is 549. The second-order valence-electron chi connectivity index (χ2n) is 4.87. The summed E-state index contributed by atoms with van der Waals surface area (Å²) in [5, 5.41) is 0. The Kier molecular flexibility index (Phi) is 5.13. The van der Waals surface area contributed by atoms with Crippen LogP contribution in [0.25, 0.3) is 11.3 Å². The monoisotopic (exact) mass is 270 g/mol. The molecule has 2 aromatic rings. The first-order chi connectivity index (χ1) is 9.74. The molecule has 0 amide bonds. The van der Waals surface area contributed by atoms with E-state index in [-0.39, 0.29) is 0 Å². The number of unbranched alkanes of at least 4 members (excludes halogenated alkanes) is 1. The van der Waals surface area contributed by atoms with Crippen molar-refractivity contribution in [3.63, 3.8) is 0 Å². The molecule has 0 bridgehead atoms. The van der Waals surface area contributed by atoms with Gasteiger partial charge in [0.25, 0.3) is 0 Å². The second kappa shape index (κ2) is 7.06. The highest BCUT2D eigenvalue weighted by molar-refractivity contribution is 5.60. The summed E-state index contributed by atoms with van der Waals surface area (Å²) in [4.78, 5) is 4.60. The van der Waals surface area contributed by atoms with E-state index < -0.39 is 0 Å². The molecule has 1 aromatic heterocycles. The first kappa shape index (κ1) is 14.5. The molecule has 1 heterocycles. The number of nitrogens with zero attached hydrogens (tertiary/aromatic N) is 1. The molecule has 106 valence electrons. The van der Waals surface area contributed by atoms with Crippen LogP contribution in [0.5, 0.6) is 5.75 Å². The molecule has 0 aliphatic rings. The van der Waals surface area contributed by atoms with E-state index in [4.69, 9.17) is 10.5 Å². The second-order valence-corrected chi connectivity index (χ2v) is 4.87. The summed E-state index contributed by atoms with van der Waals surface area (Å²) in [5.74, 6) is 0.914. The standard InChI is InChI=1S/C17H22N2O/c1-3-4-11-20-16-8-5-14(6-9-16)17-10-7-15(12-18)13(2)19-17/h5-10H,3-4,11-12,18H2,1-2H3. The van der Waals surface area contributed by atoms with Gasteiger partial charge in [0.2, 0.25) is 0 Å². The van der Waals surface area contributed by atoms with Gasteiger partial charge in [0.05, 0.1) is 12.3 Å². The largest absolute Gasteiger partial charge is 0.494 e. The molecular formula is C17H22N2O. The quantitative estimate of drug-likeness (QED) is 0.814. The lowest BCUT2D eigenvalue weighted by Gasteiger charge is -2.08. The maximum Gasteiger partial charge on any atom is 0.119 e. The molecule has 2 N–H and O–H groups in total. The number of pyridine rings is 1. The predicted molar refractivity (Wildman–Crippen MR) is 82.7 cm³/mol. The van der Waals surface area contributed by atoms with Crippen LogP contribution in [0.15, 0.2) is 36.4 Å². The van der Waals surface area contributed by atoms with Crippen LogP contribution in [-0.2, 0) is 6.54 Å². The number of nitrogens with two attached hydrogens (primary N) is 1. The zero-order valence-corrected chi connectivity index (χ0v) is 12.2. The average Bonchev–Trinajstić information content (AvgIpc) is 2.48. The highest BCUT2D eigenvalue weighted by atomic mass is 16.5. The van der Waals surface area contributed by atoms with Crippen molar-refractivity contribution < 1.29 is 4.74 Å². The Morgan fingerprint density at radius 1 is 1.10 bits per heavy atom. The molecule has 3 nitrogen and oxygen atoms in total. The van der Waals surface area contributed by atoms with Gasteiger partial charge in [-0.15, -0.1) is 0 Å². The SMILES string of the molecule is CCCCOc1ccc(-c2ccc(CN)c(C)n2)cc1. The predicted octanol–water partition coefficient (Wildman–Crippen LogP) is 3.69. The van der Waals surface area contributed by atoms with Crippen molar-refractivity contribution in [2.45, 2.75) is 33.2 Å². The van der Waals surface area contributed by atoms with E-state index in [1.54, 1.807) is 0 Å². The van der Waals surface area contributed by atoms with E-state index in [1.165, 1.54) is 0 Å². The van der Waals surface area contributed by atoms with Gasteiger partial charge >= 0.3 is 0 Å². The molecule has 2 rings (SSSR count). The van der Waals surface area contributed by atoms with Gasteiger partial charge in [-0.1, -0.05) is 19.4 Å². The Labute approximate surface area is 120 Å². The first-order valence-electron chi connectivity index (χ1n) is 7.14. The van der Waals surface area contributed by atoms with E-state index in [9.17, 15) is 0 Å². The molecular weight excluding hydrogens is 248 g/mol. The van der Waals surface area contributed by atoms with Gasteiger partial charge in [0.15, 0.2) is 0 Å². The molecule has 0 aliphatic heterocycles. The Morgan fingerprint density at radius 3 is 2.45 bits per heavy atom. The van der Waals surface area contributed by atoms with Crippen LogP contribution in [0.4, 0.5) is 0 Å². The maximum atomic E-state index is 5.66. The third-order valence-corrected chi connectivity index (χ3v) is 3.33. The van der Waals surface area contributed by atoms with Crippen LogP contribution >= 0.6 is 0 Å². The fraction of sp³-hybridized carbons (Fsp3) is 0.353. The minimum Gasteiger partial charge on any atom is -0.494 e. The van der Waals surface area contributed by atoms with Crippen molar-refractivity contribution in [3.05, 3.63) is 47.7 Å². The Morgan fingerprint density at radius 2 is 1.85 bits per heavy atom. The number of hydrogen-bond donors (Lipinski definition) is 1. The molecule has 0 fully saturated rings. The first-order valence-corrected chi connectivity index (χ1v) is 7.14. The lowest BCUT2D eigenvalue weighted by molar-refractivity contribution is 0.309. The zero-order chi connectivity index (χ0) is 14.4. The molecule has 0 saturated carbocycles. The molecule has 0 atom stereocenters. The normalized spacial score (nSPS) is 10.6. The molecule has 0 spiro atoms. The smallest absolute Gasteiger partial charge is 0.119 e. The summed E-state index contributed by atoms with van der Waals surface area (Å²) in [5.41, 5.74) is 9.81. The average molecular weight is 270 g/mol. The van der Waals surface area contributed by atoms with Crippen molar-refractivity contribution in [2.75, 3.05) is 6.61 Å². The molecule has 3 heteroatoms. The van der Waals surface area contributed by atoms with Crippen LogP contribution in [-0.4, -0.2) is 11.6 Å². The van der Waals surface area contributed by atoms with Crippen LogP contribution in [0.1, 0.15) is 31.0 Å². The molecule has 0 saturated heterocycles. The zero-order valence-electron chi connectivity index (χ0n) is 12.2. The van der Waals surface area contributed by atoms with Gasteiger partial charge in [-0.3, -0.25) is 4.98 Å². The Hall–Kier alpha value is -1.87. The molecule has 20 heavy (non-hydrogen) atoms. The van der Waals surface area contributed by atoms with Crippen LogP contribution in [0, 0.1) is 6.92 Å². The fourth-order valence-corrected chi connectivity index (χ4v) is 2.02. The van der Waals surface area contributed by atoms with Crippen LogP contribution in [0.2, 0.25) is 0 Å². The number of rotatable bonds is 6. The molecule has 0 unspecified atom stereocenters. The van der Waals surface area contributed by atoms with E-state index in [0.717, 1.165) is 47.7 Å². The number of aromatic nitrogens is 1. The third-order valence-electron chi connectivity index (χ3n) is 3.33. The van der Waals surface area contributed by atoms with E-state index in [1.807, 2.05) is 43.3 Å². The van der Waals surface area contributed by atoms with Crippen molar-refractivity contribution in [1.82, 2.24) is 4.98 Å². The summed E-state index contributed by atoms with van der Waals surface area (Å²) >= 11 is 0. The number of aryl methyl sites for hydroxylation is 1. The molecule has 1 aromatic carbocycles. The van der Waals surface area contributed by atoms with Gasteiger partial charge in [0, 0.05) is 17.8 Å². The fourth-order valence-electron chi connectivity index (χ4n) is 2.02. The number of ether oxygens (including phenoxy) is 1. The van der Waals surface area contributed by atoms with Crippen molar-refractivity contribution >= 4 is 0 Å². The number of benzene rings is 1. The number of hydrogen-bond acceptors (Lipinski definition) is 3. The van der Waals surface area contributed by atoms with Crippen molar-refractivity contribution in [1.29, 1.82) is 0 Å². The summed E-state index contributed by atoms with van der Waals surface area (Å²) in [7, 11) is 0. The third kappa shape index (κ3) is 3.58. The highest BCUT2D eigenvalue weighted by Crippen LogP contribution is 2.22. The van der Waals surface area contributed by atoms with Gasteiger partial charge in [-0.25, -0.2) is 0 Å². The summed E-state index contributed by atoms with van der Waals surface area (Å²) < 4.78 is 5.66. The van der Waals surface area contributed by atoms with E-state index in [2.05, 4.69) is 11.9 Å². The summed E-state index contributed by atoms with van der Waals surface area (Å²) in [6, 6.07) is 12.2. The highest BCUT2D eigenvalue weighted by Gasteiger charge is 2.03. The van der Waals surface area contributed by atoms with E-state index in [0.29, 0.717) is 6.54 Å². The van der Waals surface area contributed by atoms with Crippen molar-refractivity contribution in [3.8, 4) is 17.0 Å². The lowest BCUT2D eigenvalue weighted by atomic mass is 10.1. The lowest BCUT2D eigenvalue weighted by Crippen LogP contribution is -2.01.